The number of amidine groups is 1. The SMILES string of the molecule is Cl.NC1=N[C@@](c2cc(NC(=O)c3ncc(C(F)(F)F)cc3Cl)ccc2F)(C(F)F)COC1. The van der Waals surface area contributed by atoms with Gasteiger partial charge in [-0.25, -0.2) is 18.2 Å². The second-order valence-electron chi connectivity index (χ2n) is 6.52. The second kappa shape index (κ2) is 9.51. The third-order valence-electron chi connectivity index (χ3n) is 4.35. The van der Waals surface area contributed by atoms with Crippen molar-refractivity contribution < 1.29 is 35.9 Å². The average Bonchev–Trinajstić information content (AvgIpc) is 2.68. The van der Waals surface area contributed by atoms with E-state index in [2.05, 4.69) is 15.3 Å². The van der Waals surface area contributed by atoms with Gasteiger partial charge in [0.15, 0.2) is 5.54 Å². The topological polar surface area (TPSA) is 89.6 Å². The molecule has 0 spiro atoms. The van der Waals surface area contributed by atoms with Gasteiger partial charge in [-0.15, -0.1) is 12.4 Å². The summed E-state index contributed by atoms with van der Waals surface area (Å²) in [4.78, 5) is 19.5. The Labute approximate surface area is 188 Å². The smallest absolute Gasteiger partial charge is 0.385 e. The predicted molar refractivity (Wildman–Crippen MR) is 106 cm³/mol. The Kier molecular flexibility index (Phi) is 7.63. The highest BCUT2D eigenvalue weighted by atomic mass is 35.5. The number of nitrogens with two attached hydrogens (primary N) is 1. The van der Waals surface area contributed by atoms with Crippen LogP contribution in [0.3, 0.4) is 0 Å². The van der Waals surface area contributed by atoms with Crippen LogP contribution in [0.15, 0.2) is 35.5 Å². The van der Waals surface area contributed by atoms with Crippen molar-refractivity contribution in [1.29, 1.82) is 0 Å². The number of carbonyl (C=O) groups is 1. The van der Waals surface area contributed by atoms with Crippen LogP contribution in [-0.4, -0.2) is 36.4 Å². The zero-order valence-electron chi connectivity index (χ0n) is 15.7. The first-order valence-corrected chi connectivity index (χ1v) is 8.86. The van der Waals surface area contributed by atoms with Crippen LogP contribution >= 0.6 is 24.0 Å². The Morgan fingerprint density at radius 1 is 1.28 bits per heavy atom. The van der Waals surface area contributed by atoms with Crippen LogP contribution in [0, 0.1) is 5.82 Å². The molecule has 14 heteroatoms. The minimum Gasteiger partial charge on any atom is -0.385 e. The van der Waals surface area contributed by atoms with E-state index in [1.807, 2.05) is 0 Å². The maximum atomic E-state index is 14.4. The molecular formula is C18H14Cl2F6N4O2. The molecule has 1 atom stereocenters. The highest BCUT2D eigenvalue weighted by molar-refractivity contribution is 6.34. The molecule has 0 radical (unpaired) electrons. The first-order valence-electron chi connectivity index (χ1n) is 8.48. The molecule has 1 aliphatic rings. The van der Waals surface area contributed by atoms with E-state index < -0.39 is 58.3 Å². The fourth-order valence-electron chi connectivity index (χ4n) is 2.88. The summed E-state index contributed by atoms with van der Waals surface area (Å²) in [6, 6.07) is 3.30. The number of nitrogens with one attached hydrogen (secondary N) is 1. The number of rotatable bonds is 4. The van der Waals surface area contributed by atoms with Crippen molar-refractivity contribution in [1.82, 2.24) is 4.98 Å². The van der Waals surface area contributed by atoms with E-state index in [1.165, 1.54) is 0 Å². The molecule has 2 heterocycles. The number of carbonyl (C=O) groups excluding carboxylic acids is 1. The second-order valence-corrected chi connectivity index (χ2v) is 6.93. The van der Waals surface area contributed by atoms with Gasteiger partial charge in [0.05, 0.1) is 17.2 Å². The number of pyridine rings is 1. The van der Waals surface area contributed by atoms with E-state index in [0.29, 0.717) is 12.3 Å². The molecule has 6 nitrogen and oxygen atoms in total. The number of amides is 1. The Morgan fingerprint density at radius 2 is 1.97 bits per heavy atom. The van der Waals surface area contributed by atoms with Gasteiger partial charge < -0.3 is 15.8 Å². The number of anilines is 1. The number of halogens is 8. The zero-order valence-corrected chi connectivity index (χ0v) is 17.3. The summed E-state index contributed by atoms with van der Waals surface area (Å²) in [7, 11) is 0. The molecule has 0 bridgehead atoms. The van der Waals surface area contributed by atoms with Crippen molar-refractivity contribution in [3.8, 4) is 0 Å². The number of ether oxygens (including phenoxy) is 1. The summed E-state index contributed by atoms with van der Waals surface area (Å²) in [6.07, 6.45) is -7.50. The van der Waals surface area contributed by atoms with Gasteiger partial charge in [-0.2, -0.15) is 13.2 Å². The summed E-state index contributed by atoms with van der Waals surface area (Å²) >= 11 is 5.72. The van der Waals surface area contributed by atoms with Gasteiger partial charge in [0.2, 0.25) is 0 Å². The Morgan fingerprint density at radius 3 is 2.53 bits per heavy atom. The summed E-state index contributed by atoms with van der Waals surface area (Å²) < 4.78 is 85.2. The van der Waals surface area contributed by atoms with Crippen molar-refractivity contribution in [3.63, 3.8) is 0 Å². The van der Waals surface area contributed by atoms with Gasteiger partial charge >= 0.3 is 6.18 Å². The van der Waals surface area contributed by atoms with Gasteiger partial charge in [-0.3, -0.25) is 9.79 Å². The van der Waals surface area contributed by atoms with Gasteiger partial charge in [-0.05, 0) is 24.3 Å². The highest BCUT2D eigenvalue weighted by Gasteiger charge is 2.46. The van der Waals surface area contributed by atoms with Gasteiger partial charge in [0, 0.05) is 17.4 Å². The molecule has 1 aromatic heterocycles. The number of hydrogen-bond donors (Lipinski definition) is 2. The van der Waals surface area contributed by atoms with E-state index in [-0.39, 0.29) is 30.5 Å². The molecule has 1 aromatic carbocycles. The maximum absolute atomic E-state index is 14.4. The molecular weight excluding hydrogens is 489 g/mol. The quantitative estimate of drug-likeness (QED) is 0.605. The molecule has 2 aromatic rings. The third-order valence-corrected chi connectivity index (χ3v) is 4.64. The molecule has 32 heavy (non-hydrogen) atoms. The molecule has 0 aliphatic carbocycles. The van der Waals surface area contributed by atoms with Gasteiger partial charge in [0.25, 0.3) is 12.3 Å². The fraction of sp³-hybridized carbons (Fsp3) is 0.278. The zero-order chi connectivity index (χ0) is 23.0. The van der Waals surface area contributed by atoms with Crippen molar-refractivity contribution >= 4 is 41.4 Å². The number of benzene rings is 1. The van der Waals surface area contributed by atoms with E-state index in [0.717, 1.165) is 18.2 Å². The lowest BCUT2D eigenvalue weighted by molar-refractivity contribution is -0.137. The third kappa shape index (κ3) is 5.08. The Hall–Kier alpha value is -2.57. The molecule has 1 amide bonds. The van der Waals surface area contributed by atoms with Crippen LogP contribution in [0.25, 0.3) is 0 Å². The molecule has 1 aliphatic heterocycles. The number of hydrogen-bond acceptors (Lipinski definition) is 5. The summed E-state index contributed by atoms with van der Waals surface area (Å²) in [5.41, 5.74) is 0.599. The minimum absolute atomic E-state index is 0. The first-order chi connectivity index (χ1) is 14.4. The normalized spacial score (nSPS) is 18.7. The van der Waals surface area contributed by atoms with Gasteiger partial charge in [0.1, 0.15) is 24.0 Å². The molecule has 3 rings (SSSR count). The Bertz CT molecular complexity index is 1050. The van der Waals surface area contributed by atoms with E-state index >= 15 is 0 Å². The largest absolute Gasteiger partial charge is 0.417 e. The fourth-order valence-corrected chi connectivity index (χ4v) is 3.14. The lowest BCUT2D eigenvalue weighted by Crippen LogP contribution is -2.45. The molecule has 0 saturated carbocycles. The highest BCUT2D eigenvalue weighted by Crippen LogP contribution is 2.38. The summed E-state index contributed by atoms with van der Waals surface area (Å²) in [6.45, 7) is -0.865. The number of alkyl halides is 5. The van der Waals surface area contributed by atoms with Crippen molar-refractivity contribution in [3.05, 3.63) is 58.1 Å². The molecule has 3 N–H and O–H groups in total. The van der Waals surface area contributed by atoms with E-state index in [4.69, 9.17) is 22.1 Å². The van der Waals surface area contributed by atoms with Crippen molar-refractivity contribution in [2.45, 2.75) is 18.1 Å². The molecule has 0 fully saturated rings. The maximum Gasteiger partial charge on any atom is 0.417 e. The van der Waals surface area contributed by atoms with Crippen LogP contribution in [0.4, 0.5) is 32.0 Å². The first kappa shape index (κ1) is 25.7. The van der Waals surface area contributed by atoms with Crippen LogP contribution < -0.4 is 11.1 Å². The van der Waals surface area contributed by atoms with E-state index in [1.54, 1.807) is 0 Å². The lowest BCUT2D eigenvalue weighted by Gasteiger charge is -2.33. The average molecular weight is 503 g/mol. The summed E-state index contributed by atoms with van der Waals surface area (Å²) in [5, 5.41) is 1.65. The van der Waals surface area contributed by atoms with Crippen molar-refractivity contribution in [2.75, 3.05) is 18.5 Å². The standard InChI is InChI=1S/C18H13ClF6N4O2.ClH/c19-11-3-8(18(23,24)25)5-27-14(11)15(30)28-9-1-2-12(20)10(4-9)17(16(21)22)7-31-6-13(26)29-17;/h1-5,16H,6-7H2,(H2,26,29)(H,28,30);1H/t17-;/m0./s1. The summed E-state index contributed by atoms with van der Waals surface area (Å²) in [5.74, 6) is -2.35. The predicted octanol–water partition coefficient (Wildman–Crippen LogP) is 4.41. The van der Waals surface area contributed by atoms with Crippen molar-refractivity contribution in [2.24, 2.45) is 10.7 Å². The van der Waals surface area contributed by atoms with Crippen LogP contribution in [0.2, 0.25) is 5.02 Å². The van der Waals surface area contributed by atoms with Crippen LogP contribution in [0.1, 0.15) is 21.6 Å². The monoisotopic (exact) mass is 502 g/mol. The molecule has 0 saturated heterocycles. The van der Waals surface area contributed by atoms with E-state index in [9.17, 15) is 31.1 Å². The van der Waals surface area contributed by atoms with Crippen LogP contribution in [-0.2, 0) is 16.5 Å². The van der Waals surface area contributed by atoms with Gasteiger partial charge in [-0.1, -0.05) is 11.6 Å². The Balaban J connectivity index is 0.00000363. The lowest BCUT2D eigenvalue weighted by atomic mass is 9.90. The minimum atomic E-state index is -4.72. The van der Waals surface area contributed by atoms with Crippen LogP contribution in [0.5, 0.6) is 0 Å². The molecule has 0 unspecified atom stereocenters. The number of aromatic nitrogens is 1. The number of nitrogens with zero attached hydrogens (tertiary/aromatic N) is 2. The number of aliphatic imine (C=N–C) groups is 1. The molecule has 174 valence electrons.